The van der Waals surface area contributed by atoms with E-state index in [4.69, 9.17) is 0 Å². The second-order valence-electron chi connectivity index (χ2n) is 5.65. The van der Waals surface area contributed by atoms with Gasteiger partial charge in [0.1, 0.15) is 17.8 Å². The first-order valence-electron chi connectivity index (χ1n) is 7.96. The fourth-order valence-corrected chi connectivity index (χ4v) is 2.39. The molecule has 0 fully saturated rings. The molecule has 0 aliphatic heterocycles. The van der Waals surface area contributed by atoms with Crippen molar-refractivity contribution in [2.45, 2.75) is 13.1 Å². The van der Waals surface area contributed by atoms with Gasteiger partial charge in [-0.25, -0.2) is 9.97 Å². The molecule has 0 bridgehead atoms. The molecule has 1 aromatic carbocycles. The molecule has 0 aliphatic rings. The lowest BCUT2D eigenvalue weighted by atomic mass is 10.2. The maximum atomic E-state index is 12.3. The van der Waals surface area contributed by atoms with Gasteiger partial charge in [-0.15, -0.1) is 0 Å². The lowest BCUT2D eigenvalue weighted by molar-refractivity contribution is 0.0945. The zero-order chi connectivity index (χ0) is 17.5. The standard InChI is InChI=1S/C19H19N5O/c1-24(13-15-6-3-2-4-7-15)18-10-17(22-14-23-18)19(25)21-12-16-8-5-9-20-11-16/h2-11,14H,12-13H2,1H3,(H,21,25). The van der Waals surface area contributed by atoms with Crippen molar-refractivity contribution in [2.24, 2.45) is 0 Å². The Bertz CT molecular complexity index is 823. The highest BCUT2D eigenvalue weighted by molar-refractivity contribution is 5.92. The van der Waals surface area contributed by atoms with Gasteiger partial charge in [0.15, 0.2) is 0 Å². The van der Waals surface area contributed by atoms with E-state index >= 15 is 0 Å². The van der Waals surface area contributed by atoms with E-state index in [9.17, 15) is 4.79 Å². The molecule has 0 radical (unpaired) electrons. The van der Waals surface area contributed by atoms with Crippen LogP contribution in [0.4, 0.5) is 5.82 Å². The molecule has 6 heteroatoms. The lowest BCUT2D eigenvalue weighted by Gasteiger charge is -2.18. The van der Waals surface area contributed by atoms with Gasteiger partial charge in [-0.2, -0.15) is 0 Å². The van der Waals surface area contributed by atoms with Gasteiger partial charge in [-0.05, 0) is 17.2 Å². The number of hydrogen-bond donors (Lipinski definition) is 1. The fourth-order valence-electron chi connectivity index (χ4n) is 2.39. The van der Waals surface area contributed by atoms with Crippen LogP contribution in [-0.2, 0) is 13.1 Å². The first kappa shape index (κ1) is 16.6. The molecule has 0 saturated heterocycles. The second kappa shape index (κ2) is 8.01. The van der Waals surface area contributed by atoms with Crippen LogP contribution >= 0.6 is 0 Å². The van der Waals surface area contributed by atoms with Crippen molar-refractivity contribution in [1.29, 1.82) is 0 Å². The minimum absolute atomic E-state index is 0.236. The van der Waals surface area contributed by atoms with Gasteiger partial charge in [0.05, 0.1) is 0 Å². The summed E-state index contributed by atoms with van der Waals surface area (Å²) in [6, 6.07) is 15.5. The Morgan fingerprint density at radius 1 is 1.08 bits per heavy atom. The average Bonchev–Trinajstić information content (AvgIpc) is 2.68. The van der Waals surface area contributed by atoms with Crippen molar-refractivity contribution in [1.82, 2.24) is 20.3 Å². The Morgan fingerprint density at radius 3 is 2.64 bits per heavy atom. The summed E-state index contributed by atoms with van der Waals surface area (Å²) in [5.74, 6) is 0.464. The highest BCUT2D eigenvalue weighted by atomic mass is 16.1. The SMILES string of the molecule is CN(Cc1ccccc1)c1cc(C(=O)NCc2cccnc2)ncn1. The van der Waals surface area contributed by atoms with Gasteiger partial charge in [-0.1, -0.05) is 36.4 Å². The van der Waals surface area contributed by atoms with E-state index in [1.165, 1.54) is 11.9 Å². The van der Waals surface area contributed by atoms with Crippen molar-refractivity contribution in [3.8, 4) is 0 Å². The molecule has 3 aromatic rings. The van der Waals surface area contributed by atoms with E-state index in [2.05, 4.69) is 32.4 Å². The Morgan fingerprint density at radius 2 is 1.88 bits per heavy atom. The van der Waals surface area contributed by atoms with Crippen LogP contribution in [0.3, 0.4) is 0 Å². The smallest absolute Gasteiger partial charge is 0.270 e. The normalized spacial score (nSPS) is 10.3. The summed E-state index contributed by atoms with van der Waals surface area (Å²) in [4.78, 5) is 26.7. The number of carbonyl (C=O) groups is 1. The van der Waals surface area contributed by atoms with Crippen molar-refractivity contribution in [3.05, 3.63) is 84.1 Å². The Labute approximate surface area is 146 Å². The quantitative estimate of drug-likeness (QED) is 0.750. The lowest BCUT2D eigenvalue weighted by Crippen LogP contribution is -2.25. The third kappa shape index (κ3) is 4.60. The van der Waals surface area contributed by atoms with E-state index < -0.39 is 0 Å². The molecule has 3 rings (SSSR count). The van der Waals surface area contributed by atoms with Crippen LogP contribution in [0.15, 0.2) is 67.3 Å². The summed E-state index contributed by atoms with van der Waals surface area (Å²) in [7, 11) is 1.94. The molecule has 25 heavy (non-hydrogen) atoms. The molecule has 0 atom stereocenters. The predicted molar refractivity (Wildman–Crippen MR) is 96.0 cm³/mol. The van der Waals surface area contributed by atoms with Gasteiger partial charge in [0.2, 0.25) is 0 Å². The number of nitrogens with one attached hydrogen (secondary N) is 1. The molecular formula is C19H19N5O. The first-order valence-corrected chi connectivity index (χ1v) is 7.96. The third-order valence-electron chi connectivity index (χ3n) is 3.71. The van der Waals surface area contributed by atoms with Gasteiger partial charge in [0, 0.05) is 38.6 Å². The number of benzene rings is 1. The van der Waals surface area contributed by atoms with Crippen molar-refractivity contribution < 1.29 is 4.79 Å². The Kier molecular flexibility index (Phi) is 5.31. The number of anilines is 1. The molecule has 2 heterocycles. The molecule has 2 aromatic heterocycles. The monoisotopic (exact) mass is 333 g/mol. The Balaban J connectivity index is 1.65. The summed E-state index contributed by atoms with van der Waals surface area (Å²) >= 11 is 0. The third-order valence-corrected chi connectivity index (χ3v) is 3.71. The number of nitrogens with zero attached hydrogens (tertiary/aromatic N) is 4. The van der Waals surface area contributed by atoms with Gasteiger partial charge in [0.25, 0.3) is 5.91 Å². The van der Waals surface area contributed by atoms with Gasteiger partial charge >= 0.3 is 0 Å². The van der Waals surface area contributed by atoms with Gasteiger partial charge < -0.3 is 10.2 Å². The molecule has 1 amide bonds. The molecule has 126 valence electrons. The molecule has 0 aliphatic carbocycles. The van der Waals surface area contributed by atoms with Crippen LogP contribution in [0.25, 0.3) is 0 Å². The first-order chi connectivity index (χ1) is 12.2. The Hall–Kier alpha value is -3.28. The number of pyridine rings is 1. The molecule has 1 N–H and O–H groups in total. The van der Waals surface area contributed by atoms with Crippen LogP contribution < -0.4 is 10.2 Å². The van der Waals surface area contributed by atoms with E-state index in [0.717, 1.165) is 5.56 Å². The number of amides is 1. The topological polar surface area (TPSA) is 71.0 Å². The minimum atomic E-state index is -0.236. The predicted octanol–water partition coefficient (Wildman–Crippen LogP) is 2.44. The highest BCUT2D eigenvalue weighted by Gasteiger charge is 2.11. The second-order valence-corrected chi connectivity index (χ2v) is 5.65. The molecule has 0 saturated carbocycles. The average molecular weight is 333 g/mol. The summed E-state index contributed by atoms with van der Waals surface area (Å²) < 4.78 is 0. The molecule has 0 spiro atoms. The summed E-state index contributed by atoms with van der Waals surface area (Å²) in [5.41, 5.74) is 2.45. The van der Waals surface area contributed by atoms with Crippen LogP contribution in [0.2, 0.25) is 0 Å². The number of aromatic nitrogens is 3. The fraction of sp³-hybridized carbons (Fsp3) is 0.158. The van der Waals surface area contributed by atoms with Gasteiger partial charge in [-0.3, -0.25) is 9.78 Å². The molecular weight excluding hydrogens is 314 g/mol. The minimum Gasteiger partial charge on any atom is -0.355 e. The van der Waals surface area contributed by atoms with E-state index in [1.54, 1.807) is 18.5 Å². The molecule has 6 nitrogen and oxygen atoms in total. The maximum absolute atomic E-state index is 12.3. The van der Waals surface area contributed by atoms with Crippen LogP contribution in [0.1, 0.15) is 21.6 Å². The van der Waals surface area contributed by atoms with E-state index in [1.807, 2.05) is 42.3 Å². The highest BCUT2D eigenvalue weighted by Crippen LogP contribution is 2.13. The summed E-state index contributed by atoms with van der Waals surface area (Å²) in [6.07, 6.45) is 4.83. The summed E-state index contributed by atoms with van der Waals surface area (Å²) in [6.45, 7) is 1.11. The van der Waals surface area contributed by atoms with E-state index in [0.29, 0.717) is 24.6 Å². The largest absolute Gasteiger partial charge is 0.355 e. The maximum Gasteiger partial charge on any atom is 0.270 e. The van der Waals surface area contributed by atoms with E-state index in [-0.39, 0.29) is 5.91 Å². The zero-order valence-corrected chi connectivity index (χ0v) is 14.0. The molecule has 0 unspecified atom stereocenters. The van der Waals surface area contributed by atoms with Crippen molar-refractivity contribution in [2.75, 3.05) is 11.9 Å². The van der Waals surface area contributed by atoms with Crippen molar-refractivity contribution >= 4 is 11.7 Å². The number of carbonyl (C=O) groups excluding carboxylic acids is 1. The number of rotatable bonds is 6. The van der Waals surface area contributed by atoms with Crippen molar-refractivity contribution in [3.63, 3.8) is 0 Å². The van der Waals surface area contributed by atoms with Crippen LogP contribution in [-0.4, -0.2) is 27.9 Å². The summed E-state index contributed by atoms with van der Waals surface area (Å²) in [5, 5.41) is 2.84. The van der Waals surface area contributed by atoms with Crippen LogP contribution in [0.5, 0.6) is 0 Å². The number of hydrogen-bond acceptors (Lipinski definition) is 5. The zero-order valence-electron chi connectivity index (χ0n) is 14.0. The van der Waals surface area contributed by atoms with Crippen LogP contribution in [0, 0.1) is 0 Å².